The van der Waals surface area contributed by atoms with Gasteiger partial charge in [-0.3, -0.25) is 9.69 Å². The Morgan fingerprint density at radius 3 is 2.50 bits per heavy atom. The van der Waals surface area contributed by atoms with Crippen molar-refractivity contribution in [2.24, 2.45) is 5.92 Å². The monoisotopic (exact) mass is 463 g/mol. The van der Waals surface area contributed by atoms with Crippen molar-refractivity contribution < 1.29 is 9.53 Å². The van der Waals surface area contributed by atoms with Crippen molar-refractivity contribution >= 4 is 46.2 Å². The number of anilines is 2. The summed E-state index contributed by atoms with van der Waals surface area (Å²) in [6.45, 7) is 3.96. The van der Waals surface area contributed by atoms with Gasteiger partial charge in [-0.1, -0.05) is 47.5 Å². The lowest BCUT2D eigenvalue weighted by Gasteiger charge is -2.56. The summed E-state index contributed by atoms with van der Waals surface area (Å²) in [6.07, 6.45) is 0. The van der Waals surface area contributed by atoms with Crippen LogP contribution in [-0.4, -0.2) is 16.7 Å². The van der Waals surface area contributed by atoms with Crippen LogP contribution in [0.1, 0.15) is 24.1 Å². The number of rotatable bonds is 3. The van der Waals surface area contributed by atoms with Gasteiger partial charge in [0, 0.05) is 22.0 Å². The van der Waals surface area contributed by atoms with Crippen LogP contribution >= 0.6 is 23.8 Å². The number of hydrogen-bond acceptors (Lipinski definition) is 3. The van der Waals surface area contributed by atoms with Gasteiger partial charge in [0.1, 0.15) is 11.7 Å². The van der Waals surface area contributed by atoms with Gasteiger partial charge in [-0.05, 0) is 68.5 Å². The molecule has 0 unspecified atom stereocenters. The van der Waals surface area contributed by atoms with E-state index in [1.165, 1.54) is 0 Å². The van der Waals surface area contributed by atoms with Gasteiger partial charge < -0.3 is 15.4 Å². The number of benzene rings is 3. The van der Waals surface area contributed by atoms with Gasteiger partial charge in [0.2, 0.25) is 5.91 Å². The summed E-state index contributed by atoms with van der Waals surface area (Å²) in [7, 11) is 0. The van der Waals surface area contributed by atoms with Crippen molar-refractivity contribution in [1.29, 1.82) is 0 Å². The zero-order valence-electron chi connectivity index (χ0n) is 17.6. The zero-order valence-corrected chi connectivity index (χ0v) is 19.2. The Bertz CT molecular complexity index is 1200. The highest BCUT2D eigenvalue weighted by atomic mass is 35.5. The maximum Gasteiger partial charge on any atom is 0.236 e. The number of carbonyl (C=O) groups is 1. The van der Waals surface area contributed by atoms with E-state index in [1.807, 2.05) is 67.3 Å². The molecule has 1 saturated heterocycles. The van der Waals surface area contributed by atoms with E-state index in [0.717, 1.165) is 22.6 Å². The van der Waals surface area contributed by atoms with Gasteiger partial charge in [0.25, 0.3) is 0 Å². The number of amides is 1. The van der Waals surface area contributed by atoms with E-state index in [1.54, 1.807) is 24.3 Å². The van der Waals surface area contributed by atoms with Crippen LogP contribution in [0, 0.1) is 12.8 Å². The summed E-state index contributed by atoms with van der Waals surface area (Å²) < 4.78 is 6.57. The van der Waals surface area contributed by atoms with E-state index < -0.39 is 11.6 Å². The molecule has 2 heterocycles. The molecule has 2 N–H and O–H groups in total. The Balaban J connectivity index is 1.60. The fraction of sp³-hybridized carbons (Fsp3) is 0.200. The number of aryl methyl sites for hydroxylation is 1. The van der Waals surface area contributed by atoms with Crippen LogP contribution in [-0.2, 0) is 4.79 Å². The second kappa shape index (κ2) is 7.80. The fourth-order valence-corrected chi connectivity index (χ4v) is 5.11. The summed E-state index contributed by atoms with van der Waals surface area (Å²) in [5.41, 5.74) is 2.54. The molecule has 3 aromatic carbocycles. The molecule has 2 aliphatic rings. The van der Waals surface area contributed by atoms with E-state index in [2.05, 4.69) is 10.6 Å². The third kappa shape index (κ3) is 3.40. The van der Waals surface area contributed by atoms with Crippen LogP contribution in [0.2, 0.25) is 5.02 Å². The number of nitrogens with zero attached hydrogens (tertiary/aromatic N) is 1. The predicted octanol–water partition coefficient (Wildman–Crippen LogP) is 5.45. The van der Waals surface area contributed by atoms with E-state index in [0.29, 0.717) is 15.8 Å². The highest BCUT2D eigenvalue weighted by Crippen LogP contribution is 2.49. The molecule has 162 valence electrons. The number of nitrogens with one attached hydrogen (secondary N) is 2. The molecule has 0 aliphatic carbocycles. The van der Waals surface area contributed by atoms with Crippen LogP contribution < -0.4 is 20.3 Å². The molecule has 2 bridgehead atoms. The minimum Gasteiger partial charge on any atom is -0.467 e. The third-order valence-electron chi connectivity index (χ3n) is 6.09. The first-order valence-corrected chi connectivity index (χ1v) is 11.2. The van der Waals surface area contributed by atoms with Crippen LogP contribution in [0.5, 0.6) is 5.75 Å². The van der Waals surface area contributed by atoms with Crippen molar-refractivity contribution in [1.82, 2.24) is 5.32 Å². The molecule has 0 spiro atoms. The van der Waals surface area contributed by atoms with Crippen LogP contribution in [0.4, 0.5) is 11.4 Å². The van der Waals surface area contributed by atoms with Gasteiger partial charge in [-0.25, -0.2) is 0 Å². The molecule has 1 amide bonds. The van der Waals surface area contributed by atoms with Gasteiger partial charge in [0.15, 0.2) is 10.8 Å². The molecule has 2 aliphatic heterocycles. The Morgan fingerprint density at radius 2 is 1.78 bits per heavy atom. The Labute approximate surface area is 197 Å². The van der Waals surface area contributed by atoms with E-state index in [9.17, 15) is 4.79 Å². The standard InChI is InChI=1S/C25H22ClN3O2S/c1-15-7-13-18(14-8-15)29-24(32)28-22-19-5-3-4-6-20(19)31-25(29,2)21(22)23(30)27-17-11-9-16(26)10-12-17/h3-14,21-22H,1-2H3,(H,27,30)(H,28,32)/t21-,22+,25+/m1/s1. The summed E-state index contributed by atoms with van der Waals surface area (Å²) in [5, 5.41) is 7.58. The normalized spacial score (nSPS) is 23.6. The molecule has 0 aromatic heterocycles. The molecular weight excluding hydrogens is 442 g/mol. The molecule has 32 heavy (non-hydrogen) atoms. The minimum atomic E-state index is -1.03. The molecule has 5 rings (SSSR count). The molecule has 0 saturated carbocycles. The van der Waals surface area contributed by atoms with Gasteiger partial charge >= 0.3 is 0 Å². The van der Waals surface area contributed by atoms with Crippen LogP contribution in [0.15, 0.2) is 72.8 Å². The molecule has 7 heteroatoms. The lowest BCUT2D eigenvalue weighted by Crippen LogP contribution is -2.72. The highest BCUT2D eigenvalue weighted by molar-refractivity contribution is 7.80. The Morgan fingerprint density at radius 1 is 1.09 bits per heavy atom. The summed E-state index contributed by atoms with van der Waals surface area (Å²) in [6, 6.07) is 22.5. The fourth-order valence-electron chi connectivity index (χ4n) is 4.57. The molecular formula is C25H22ClN3O2S. The van der Waals surface area contributed by atoms with Gasteiger partial charge in [0.05, 0.1) is 6.04 Å². The first kappa shape index (κ1) is 20.8. The summed E-state index contributed by atoms with van der Waals surface area (Å²) >= 11 is 11.8. The van der Waals surface area contributed by atoms with E-state index >= 15 is 0 Å². The lowest BCUT2D eigenvalue weighted by atomic mass is 9.78. The second-order valence-electron chi connectivity index (χ2n) is 8.27. The summed E-state index contributed by atoms with van der Waals surface area (Å²) in [4.78, 5) is 15.6. The average molecular weight is 464 g/mol. The zero-order chi connectivity index (χ0) is 22.5. The topological polar surface area (TPSA) is 53.6 Å². The number of ether oxygens (including phenoxy) is 1. The van der Waals surface area contributed by atoms with Crippen molar-refractivity contribution in [2.75, 3.05) is 10.2 Å². The van der Waals surface area contributed by atoms with E-state index in [-0.39, 0.29) is 11.9 Å². The van der Waals surface area contributed by atoms with Gasteiger partial charge in [-0.15, -0.1) is 0 Å². The largest absolute Gasteiger partial charge is 0.467 e. The number of para-hydroxylation sites is 1. The van der Waals surface area contributed by atoms with Crippen molar-refractivity contribution in [3.63, 3.8) is 0 Å². The SMILES string of the molecule is Cc1ccc(N2C(=S)N[C@H]3c4ccccc4O[C@@]2(C)[C@H]3C(=O)Nc2ccc(Cl)cc2)cc1. The number of fused-ring (bicyclic) bond motifs is 4. The second-order valence-corrected chi connectivity index (χ2v) is 9.09. The number of halogens is 1. The summed E-state index contributed by atoms with van der Waals surface area (Å²) in [5.74, 6) is -0.00910. The van der Waals surface area contributed by atoms with E-state index in [4.69, 9.17) is 28.6 Å². The van der Waals surface area contributed by atoms with Crippen LogP contribution in [0.25, 0.3) is 0 Å². The van der Waals surface area contributed by atoms with Crippen molar-refractivity contribution in [3.05, 3.63) is 88.9 Å². The molecule has 0 radical (unpaired) electrons. The smallest absolute Gasteiger partial charge is 0.236 e. The Hall–Kier alpha value is -3.09. The molecule has 3 aromatic rings. The lowest BCUT2D eigenvalue weighted by molar-refractivity contribution is -0.130. The minimum absolute atomic E-state index is 0.165. The first-order chi connectivity index (χ1) is 15.4. The predicted molar refractivity (Wildman–Crippen MR) is 131 cm³/mol. The number of hydrogen-bond donors (Lipinski definition) is 2. The first-order valence-electron chi connectivity index (χ1n) is 10.4. The van der Waals surface area contributed by atoms with Crippen molar-refractivity contribution in [2.45, 2.75) is 25.6 Å². The van der Waals surface area contributed by atoms with Crippen LogP contribution in [0.3, 0.4) is 0 Å². The maximum atomic E-state index is 13.7. The highest BCUT2D eigenvalue weighted by Gasteiger charge is 2.59. The van der Waals surface area contributed by atoms with Crippen molar-refractivity contribution in [3.8, 4) is 5.75 Å². The quantitative estimate of drug-likeness (QED) is 0.506. The number of carbonyl (C=O) groups excluding carboxylic acids is 1. The number of thiocarbonyl (C=S) groups is 1. The maximum absolute atomic E-state index is 13.7. The van der Waals surface area contributed by atoms with Gasteiger partial charge in [-0.2, -0.15) is 0 Å². The Kier molecular flexibility index (Phi) is 5.07. The molecule has 1 fully saturated rings. The molecule has 3 atom stereocenters. The molecule has 5 nitrogen and oxygen atoms in total. The third-order valence-corrected chi connectivity index (χ3v) is 6.65. The average Bonchev–Trinajstić information content (AvgIpc) is 2.76.